The van der Waals surface area contributed by atoms with Gasteiger partial charge in [-0.25, -0.2) is 0 Å². The van der Waals surface area contributed by atoms with Gasteiger partial charge < -0.3 is 10.1 Å². The Morgan fingerprint density at radius 2 is 2.21 bits per heavy atom. The fourth-order valence-electron chi connectivity index (χ4n) is 2.29. The van der Waals surface area contributed by atoms with Crippen molar-refractivity contribution in [2.75, 3.05) is 5.33 Å². The lowest BCUT2D eigenvalue weighted by Crippen LogP contribution is -2.45. The Bertz CT molecular complexity index is 423. The van der Waals surface area contributed by atoms with E-state index in [2.05, 4.69) is 35.1 Å². The van der Waals surface area contributed by atoms with Gasteiger partial charge in [0.2, 0.25) is 0 Å². The summed E-state index contributed by atoms with van der Waals surface area (Å²) in [6.07, 6.45) is 1.22. The number of fused-ring (bicyclic) bond motifs is 1. The maximum absolute atomic E-state index is 12.3. The second-order valence-electron chi connectivity index (χ2n) is 5.26. The van der Waals surface area contributed by atoms with Crippen LogP contribution in [0.2, 0.25) is 0 Å². The molecule has 19 heavy (non-hydrogen) atoms. The number of halogens is 1. The molecule has 0 spiro atoms. The number of nitrogens with one attached hydrogen (secondary N) is 1. The van der Waals surface area contributed by atoms with E-state index in [1.807, 2.05) is 24.3 Å². The molecule has 4 heteroatoms. The number of hydrogen-bond acceptors (Lipinski definition) is 2. The quantitative estimate of drug-likeness (QED) is 0.845. The summed E-state index contributed by atoms with van der Waals surface area (Å²) in [6.45, 7) is 4.25. The molecule has 1 N–H and O–H groups in total. The van der Waals surface area contributed by atoms with Crippen molar-refractivity contribution in [1.82, 2.24) is 5.32 Å². The zero-order valence-electron chi connectivity index (χ0n) is 11.4. The van der Waals surface area contributed by atoms with E-state index in [-0.39, 0.29) is 18.1 Å². The van der Waals surface area contributed by atoms with E-state index in [1.165, 1.54) is 0 Å². The summed E-state index contributed by atoms with van der Waals surface area (Å²) in [4.78, 5) is 12.3. The van der Waals surface area contributed by atoms with Gasteiger partial charge in [-0.2, -0.15) is 0 Å². The van der Waals surface area contributed by atoms with E-state index in [0.717, 1.165) is 23.1 Å². The van der Waals surface area contributed by atoms with Crippen molar-refractivity contribution in [3.05, 3.63) is 29.8 Å². The lowest BCUT2D eigenvalue weighted by atomic mass is 10.0. The fourth-order valence-corrected chi connectivity index (χ4v) is 2.79. The van der Waals surface area contributed by atoms with Crippen molar-refractivity contribution in [3.8, 4) is 5.75 Å². The van der Waals surface area contributed by atoms with E-state index in [4.69, 9.17) is 4.74 Å². The van der Waals surface area contributed by atoms with Crippen LogP contribution in [0.3, 0.4) is 0 Å². The van der Waals surface area contributed by atoms with Crippen LogP contribution in [0.25, 0.3) is 0 Å². The van der Waals surface area contributed by atoms with Gasteiger partial charge in [0.15, 0.2) is 6.10 Å². The summed E-state index contributed by atoms with van der Waals surface area (Å²) in [7, 11) is 0. The number of benzene rings is 1. The molecule has 1 aromatic carbocycles. The van der Waals surface area contributed by atoms with Crippen LogP contribution < -0.4 is 10.1 Å². The molecule has 3 nitrogen and oxygen atoms in total. The number of carbonyl (C=O) groups excluding carboxylic acids is 1. The van der Waals surface area contributed by atoms with E-state index < -0.39 is 0 Å². The third-order valence-electron chi connectivity index (χ3n) is 3.49. The zero-order valence-corrected chi connectivity index (χ0v) is 12.9. The topological polar surface area (TPSA) is 38.3 Å². The van der Waals surface area contributed by atoms with Crippen molar-refractivity contribution >= 4 is 21.8 Å². The van der Waals surface area contributed by atoms with Gasteiger partial charge in [0.05, 0.1) is 0 Å². The van der Waals surface area contributed by atoms with Gasteiger partial charge in [0.1, 0.15) is 5.75 Å². The van der Waals surface area contributed by atoms with Gasteiger partial charge in [-0.3, -0.25) is 4.79 Å². The van der Waals surface area contributed by atoms with Gasteiger partial charge in [-0.05, 0) is 24.0 Å². The Hall–Kier alpha value is -1.03. The van der Waals surface area contributed by atoms with Gasteiger partial charge >= 0.3 is 0 Å². The molecule has 0 fully saturated rings. The van der Waals surface area contributed by atoms with Crippen molar-refractivity contribution in [1.29, 1.82) is 0 Å². The molecule has 0 saturated heterocycles. The van der Waals surface area contributed by atoms with Crippen molar-refractivity contribution in [2.24, 2.45) is 5.92 Å². The Kier molecular flexibility index (Phi) is 4.86. The van der Waals surface area contributed by atoms with Crippen LogP contribution in [0.15, 0.2) is 24.3 Å². The number of alkyl halides is 1. The highest BCUT2D eigenvalue weighted by Gasteiger charge is 2.30. The van der Waals surface area contributed by atoms with Crippen molar-refractivity contribution in [3.63, 3.8) is 0 Å². The van der Waals surface area contributed by atoms with Gasteiger partial charge in [0, 0.05) is 17.8 Å². The van der Waals surface area contributed by atoms with E-state index in [1.54, 1.807) is 0 Å². The van der Waals surface area contributed by atoms with Crippen LogP contribution in [-0.2, 0) is 11.2 Å². The highest BCUT2D eigenvalue weighted by molar-refractivity contribution is 9.09. The lowest BCUT2D eigenvalue weighted by Gasteiger charge is -2.23. The maximum atomic E-state index is 12.3. The van der Waals surface area contributed by atoms with Gasteiger partial charge in [-0.1, -0.05) is 48.0 Å². The molecule has 2 atom stereocenters. The van der Waals surface area contributed by atoms with Crippen LogP contribution in [0, 0.1) is 5.92 Å². The van der Waals surface area contributed by atoms with Gasteiger partial charge in [0.25, 0.3) is 5.91 Å². The minimum atomic E-state index is -0.381. The summed E-state index contributed by atoms with van der Waals surface area (Å²) >= 11 is 3.43. The molecule has 0 saturated carbocycles. The van der Waals surface area contributed by atoms with E-state index >= 15 is 0 Å². The number of hydrogen-bond donors (Lipinski definition) is 1. The molecule has 1 aromatic rings. The largest absolute Gasteiger partial charge is 0.480 e. The Balaban J connectivity index is 1.95. The molecule has 0 bridgehead atoms. The molecule has 1 aliphatic heterocycles. The SMILES string of the molecule is CC(C)C(CCBr)NC(=O)C1Cc2ccccc2O1. The van der Waals surface area contributed by atoms with Crippen molar-refractivity contribution in [2.45, 2.75) is 38.8 Å². The molecule has 104 valence electrons. The first-order chi connectivity index (χ1) is 9.11. The van der Waals surface area contributed by atoms with E-state index in [0.29, 0.717) is 12.3 Å². The first-order valence-electron chi connectivity index (χ1n) is 6.72. The standard InChI is InChI=1S/C15H20BrNO2/c1-10(2)12(7-8-16)17-15(18)14-9-11-5-3-4-6-13(11)19-14/h3-6,10,12,14H,7-9H2,1-2H3,(H,17,18). The van der Waals surface area contributed by atoms with Crippen LogP contribution in [0.1, 0.15) is 25.8 Å². The summed E-state index contributed by atoms with van der Waals surface area (Å²) in [5.74, 6) is 1.25. The zero-order chi connectivity index (χ0) is 13.8. The van der Waals surface area contributed by atoms with Gasteiger partial charge in [-0.15, -0.1) is 0 Å². The Labute approximate surface area is 122 Å². The van der Waals surface area contributed by atoms with E-state index in [9.17, 15) is 4.79 Å². The average Bonchev–Trinajstić information content (AvgIpc) is 2.81. The highest BCUT2D eigenvalue weighted by atomic mass is 79.9. The predicted molar refractivity (Wildman–Crippen MR) is 79.7 cm³/mol. The first-order valence-corrected chi connectivity index (χ1v) is 7.85. The Morgan fingerprint density at radius 1 is 1.47 bits per heavy atom. The Morgan fingerprint density at radius 3 is 2.84 bits per heavy atom. The monoisotopic (exact) mass is 325 g/mol. The molecule has 1 heterocycles. The number of para-hydroxylation sites is 1. The summed E-state index contributed by atoms with van der Waals surface area (Å²) in [6, 6.07) is 8.03. The molecule has 2 unspecified atom stereocenters. The molecule has 0 radical (unpaired) electrons. The number of rotatable bonds is 5. The predicted octanol–water partition coefficient (Wildman–Crippen LogP) is 2.92. The number of carbonyl (C=O) groups is 1. The average molecular weight is 326 g/mol. The maximum Gasteiger partial charge on any atom is 0.261 e. The lowest BCUT2D eigenvalue weighted by molar-refractivity contribution is -0.128. The number of ether oxygens (including phenoxy) is 1. The van der Waals surface area contributed by atoms with Crippen LogP contribution in [-0.4, -0.2) is 23.4 Å². The molecular formula is C15H20BrNO2. The molecular weight excluding hydrogens is 306 g/mol. The molecule has 2 rings (SSSR count). The molecule has 1 amide bonds. The number of amides is 1. The second-order valence-corrected chi connectivity index (χ2v) is 6.05. The third-order valence-corrected chi connectivity index (χ3v) is 3.95. The summed E-state index contributed by atoms with van der Waals surface area (Å²) in [5, 5.41) is 3.99. The second kappa shape index (κ2) is 6.42. The normalized spacial score (nSPS) is 18.8. The minimum absolute atomic E-state index is 0.00384. The van der Waals surface area contributed by atoms with Crippen LogP contribution in [0.5, 0.6) is 5.75 Å². The summed E-state index contributed by atoms with van der Waals surface area (Å²) in [5.41, 5.74) is 1.12. The third kappa shape index (κ3) is 3.50. The van der Waals surface area contributed by atoms with Crippen LogP contribution >= 0.6 is 15.9 Å². The minimum Gasteiger partial charge on any atom is -0.480 e. The molecule has 1 aliphatic rings. The molecule has 0 aromatic heterocycles. The van der Waals surface area contributed by atoms with Crippen molar-refractivity contribution < 1.29 is 9.53 Å². The van der Waals surface area contributed by atoms with Crippen LogP contribution in [0.4, 0.5) is 0 Å². The highest BCUT2D eigenvalue weighted by Crippen LogP contribution is 2.28. The molecule has 0 aliphatic carbocycles. The fraction of sp³-hybridized carbons (Fsp3) is 0.533. The first kappa shape index (κ1) is 14.4. The summed E-state index contributed by atoms with van der Waals surface area (Å²) < 4.78 is 5.70. The smallest absolute Gasteiger partial charge is 0.261 e.